The molecule has 0 aromatic heterocycles. The van der Waals surface area contributed by atoms with Crippen LogP contribution in [0.25, 0.3) is 0 Å². The van der Waals surface area contributed by atoms with Crippen LogP contribution in [0.15, 0.2) is 0 Å². The van der Waals surface area contributed by atoms with Crippen LogP contribution in [0.3, 0.4) is 0 Å². The number of carbonyl (C=O) groups excluding carboxylic acids is 1. The summed E-state index contributed by atoms with van der Waals surface area (Å²) in [7, 11) is 0. The molecule has 112 valence electrons. The Bertz CT molecular complexity index is 277. The van der Waals surface area contributed by atoms with Crippen LogP contribution in [-0.4, -0.2) is 30.7 Å². The number of amides is 1. The molecule has 1 unspecified atom stereocenters. The lowest BCUT2D eigenvalue weighted by molar-refractivity contribution is -0.124. The lowest BCUT2D eigenvalue weighted by Gasteiger charge is -2.27. The first kappa shape index (κ1) is 16.4. The largest absolute Gasteiger partial charge is 0.381 e. The molecule has 1 saturated carbocycles. The smallest absolute Gasteiger partial charge is 0.237 e. The van der Waals surface area contributed by atoms with Crippen molar-refractivity contribution in [1.29, 1.82) is 0 Å². The Morgan fingerprint density at radius 3 is 2.58 bits per heavy atom. The Morgan fingerprint density at radius 1 is 1.37 bits per heavy atom. The molecule has 1 fully saturated rings. The number of ether oxygens (including phenoxy) is 1. The highest BCUT2D eigenvalue weighted by Gasteiger charge is 2.36. The number of hydrogen-bond donors (Lipinski definition) is 2. The molecule has 0 aromatic carbocycles. The number of carbonyl (C=O) groups is 1. The van der Waals surface area contributed by atoms with E-state index >= 15 is 0 Å². The highest BCUT2D eigenvalue weighted by atomic mass is 16.5. The predicted octanol–water partition coefficient (Wildman–Crippen LogP) is 2.22. The molecule has 0 spiro atoms. The van der Waals surface area contributed by atoms with Gasteiger partial charge in [0, 0.05) is 19.3 Å². The standard InChI is InChI=1S/C15H30N2O2/c1-12(2)8-11-19-10-5-4-9-15(3,14(16)18)17-13-6-7-13/h12-13,17H,4-11H2,1-3H3,(H2,16,18). The summed E-state index contributed by atoms with van der Waals surface area (Å²) in [5.74, 6) is 0.459. The second-order valence-electron chi connectivity index (χ2n) is 6.37. The molecule has 1 aliphatic carbocycles. The van der Waals surface area contributed by atoms with Crippen molar-refractivity contribution in [2.75, 3.05) is 13.2 Å². The number of rotatable bonds is 11. The first-order chi connectivity index (χ1) is 8.94. The zero-order valence-electron chi connectivity index (χ0n) is 12.7. The molecule has 19 heavy (non-hydrogen) atoms. The van der Waals surface area contributed by atoms with Gasteiger partial charge in [-0.3, -0.25) is 4.79 Å². The topological polar surface area (TPSA) is 64.3 Å². The van der Waals surface area contributed by atoms with E-state index in [-0.39, 0.29) is 5.91 Å². The van der Waals surface area contributed by atoms with Crippen molar-refractivity contribution in [2.45, 2.75) is 70.9 Å². The minimum atomic E-state index is -0.543. The molecule has 0 heterocycles. The summed E-state index contributed by atoms with van der Waals surface area (Å²) in [6, 6.07) is 0.500. The van der Waals surface area contributed by atoms with Crippen LogP contribution in [0.2, 0.25) is 0 Å². The summed E-state index contributed by atoms with van der Waals surface area (Å²) in [5.41, 5.74) is 4.97. The Hall–Kier alpha value is -0.610. The van der Waals surface area contributed by atoms with E-state index < -0.39 is 5.54 Å². The maximum atomic E-state index is 11.6. The van der Waals surface area contributed by atoms with Gasteiger partial charge in [0.1, 0.15) is 0 Å². The monoisotopic (exact) mass is 270 g/mol. The highest BCUT2D eigenvalue weighted by Crippen LogP contribution is 2.25. The van der Waals surface area contributed by atoms with Gasteiger partial charge in [0.05, 0.1) is 5.54 Å². The number of nitrogens with one attached hydrogen (secondary N) is 1. The van der Waals surface area contributed by atoms with E-state index in [9.17, 15) is 4.79 Å². The third-order valence-corrected chi connectivity index (χ3v) is 3.70. The summed E-state index contributed by atoms with van der Waals surface area (Å²) in [5, 5.41) is 3.37. The van der Waals surface area contributed by atoms with Crippen molar-refractivity contribution < 1.29 is 9.53 Å². The van der Waals surface area contributed by atoms with Gasteiger partial charge in [-0.05, 0) is 51.4 Å². The number of hydrogen-bond acceptors (Lipinski definition) is 3. The summed E-state index contributed by atoms with van der Waals surface area (Å²) >= 11 is 0. The minimum absolute atomic E-state index is 0.236. The van der Waals surface area contributed by atoms with Crippen molar-refractivity contribution in [1.82, 2.24) is 5.32 Å². The Balaban J connectivity index is 2.09. The fraction of sp³-hybridized carbons (Fsp3) is 0.933. The van der Waals surface area contributed by atoms with Gasteiger partial charge in [-0.1, -0.05) is 13.8 Å². The SMILES string of the molecule is CC(C)CCOCCCCC(C)(NC1CC1)C(N)=O. The van der Waals surface area contributed by atoms with Crippen LogP contribution in [0.5, 0.6) is 0 Å². The van der Waals surface area contributed by atoms with E-state index in [0.29, 0.717) is 12.0 Å². The van der Waals surface area contributed by atoms with Gasteiger partial charge < -0.3 is 15.8 Å². The summed E-state index contributed by atoms with van der Waals surface area (Å²) in [4.78, 5) is 11.6. The molecule has 0 saturated heterocycles. The molecule has 1 rings (SSSR count). The van der Waals surface area contributed by atoms with Gasteiger partial charge in [0.2, 0.25) is 5.91 Å². The van der Waals surface area contributed by atoms with Crippen LogP contribution in [0.1, 0.15) is 59.3 Å². The fourth-order valence-electron chi connectivity index (χ4n) is 2.05. The van der Waals surface area contributed by atoms with Gasteiger partial charge in [0.25, 0.3) is 0 Å². The van der Waals surface area contributed by atoms with Crippen LogP contribution in [0.4, 0.5) is 0 Å². The van der Waals surface area contributed by atoms with E-state index in [4.69, 9.17) is 10.5 Å². The van der Waals surface area contributed by atoms with E-state index in [0.717, 1.165) is 38.9 Å². The predicted molar refractivity (Wildman–Crippen MR) is 77.9 cm³/mol. The maximum absolute atomic E-state index is 11.6. The molecular formula is C15H30N2O2. The molecule has 4 heteroatoms. The third kappa shape index (κ3) is 6.92. The third-order valence-electron chi connectivity index (χ3n) is 3.70. The fourth-order valence-corrected chi connectivity index (χ4v) is 2.05. The molecule has 1 aliphatic rings. The van der Waals surface area contributed by atoms with E-state index in [1.165, 1.54) is 12.8 Å². The summed E-state index contributed by atoms with van der Waals surface area (Å²) in [6.07, 6.45) is 6.21. The molecule has 1 atom stereocenters. The second kappa shape index (κ2) is 7.85. The molecule has 0 aliphatic heterocycles. The highest BCUT2D eigenvalue weighted by molar-refractivity contribution is 5.84. The van der Waals surface area contributed by atoms with Gasteiger partial charge in [-0.2, -0.15) is 0 Å². The zero-order valence-corrected chi connectivity index (χ0v) is 12.7. The van der Waals surface area contributed by atoms with Gasteiger partial charge >= 0.3 is 0 Å². The Kier molecular flexibility index (Phi) is 6.80. The first-order valence-corrected chi connectivity index (χ1v) is 7.59. The Morgan fingerprint density at radius 2 is 2.05 bits per heavy atom. The normalized spacial score (nSPS) is 18.5. The van der Waals surface area contributed by atoms with Crippen molar-refractivity contribution in [3.05, 3.63) is 0 Å². The van der Waals surface area contributed by atoms with Crippen LogP contribution in [-0.2, 0) is 9.53 Å². The zero-order chi connectivity index (χ0) is 14.3. The second-order valence-corrected chi connectivity index (χ2v) is 6.37. The Labute approximate surface area is 117 Å². The number of primary amides is 1. The number of nitrogens with two attached hydrogens (primary N) is 1. The van der Waals surface area contributed by atoms with E-state index in [1.54, 1.807) is 0 Å². The molecule has 0 bridgehead atoms. The lowest BCUT2D eigenvalue weighted by atomic mass is 9.94. The minimum Gasteiger partial charge on any atom is -0.381 e. The van der Waals surface area contributed by atoms with E-state index in [1.807, 2.05) is 6.92 Å². The first-order valence-electron chi connectivity index (χ1n) is 7.59. The van der Waals surface area contributed by atoms with E-state index in [2.05, 4.69) is 19.2 Å². The van der Waals surface area contributed by atoms with Gasteiger partial charge in [-0.15, -0.1) is 0 Å². The van der Waals surface area contributed by atoms with Crippen LogP contribution < -0.4 is 11.1 Å². The van der Waals surface area contributed by atoms with Crippen LogP contribution >= 0.6 is 0 Å². The molecule has 1 amide bonds. The molecular weight excluding hydrogens is 240 g/mol. The van der Waals surface area contributed by atoms with Gasteiger partial charge in [0.15, 0.2) is 0 Å². The maximum Gasteiger partial charge on any atom is 0.237 e. The van der Waals surface area contributed by atoms with Crippen LogP contribution in [0, 0.1) is 5.92 Å². The molecule has 0 aromatic rings. The number of unbranched alkanes of at least 4 members (excludes halogenated alkanes) is 1. The quantitative estimate of drug-likeness (QED) is 0.566. The summed E-state index contributed by atoms with van der Waals surface area (Å²) < 4.78 is 5.58. The van der Waals surface area contributed by atoms with Crippen molar-refractivity contribution in [3.8, 4) is 0 Å². The summed E-state index contributed by atoms with van der Waals surface area (Å²) in [6.45, 7) is 7.94. The molecule has 3 N–H and O–H groups in total. The average molecular weight is 270 g/mol. The molecule has 4 nitrogen and oxygen atoms in total. The van der Waals surface area contributed by atoms with Gasteiger partial charge in [-0.25, -0.2) is 0 Å². The van der Waals surface area contributed by atoms with Crippen molar-refractivity contribution in [3.63, 3.8) is 0 Å². The van der Waals surface area contributed by atoms with Crippen molar-refractivity contribution >= 4 is 5.91 Å². The lowest BCUT2D eigenvalue weighted by Crippen LogP contribution is -2.53. The molecule has 0 radical (unpaired) electrons. The van der Waals surface area contributed by atoms with Crippen molar-refractivity contribution in [2.24, 2.45) is 11.7 Å². The average Bonchev–Trinajstić information content (AvgIpc) is 3.11.